The van der Waals surface area contributed by atoms with Gasteiger partial charge in [-0.3, -0.25) is 9.78 Å². The van der Waals surface area contributed by atoms with Crippen LogP contribution in [0, 0.1) is 0 Å². The molecule has 152 valence electrons. The maximum atomic E-state index is 12.1. The van der Waals surface area contributed by atoms with Gasteiger partial charge in [0.1, 0.15) is 11.5 Å². The molecule has 3 rings (SSSR count). The van der Waals surface area contributed by atoms with Crippen LogP contribution in [0.15, 0.2) is 47.2 Å². The van der Waals surface area contributed by atoms with E-state index in [1.54, 1.807) is 36.7 Å². The molecule has 0 fully saturated rings. The molecule has 9 heteroatoms. The van der Waals surface area contributed by atoms with E-state index in [2.05, 4.69) is 20.4 Å². The minimum atomic E-state index is -0.940. The van der Waals surface area contributed by atoms with Crippen molar-refractivity contribution in [3.8, 4) is 22.9 Å². The fraction of sp³-hybridized carbons (Fsp3) is 0.300. The van der Waals surface area contributed by atoms with Crippen LogP contribution in [0.25, 0.3) is 11.4 Å². The predicted octanol–water partition coefficient (Wildman–Crippen LogP) is 1.93. The van der Waals surface area contributed by atoms with E-state index in [0.29, 0.717) is 28.8 Å². The number of aliphatic hydroxyl groups is 1. The number of pyridine rings is 1. The SMILES string of the molecule is COc1ccc(OC)c(C(O)CNC(=O)CCc2nc(-c3cccnc3)no2)c1. The zero-order valence-electron chi connectivity index (χ0n) is 16.2. The van der Waals surface area contributed by atoms with Crippen LogP contribution in [0.2, 0.25) is 0 Å². The smallest absolute Gasteiger partial charge is 0.227 e. The highest BCUT2D eigenvalue weighted by Crippen LogP contribution is 2.29. The predicted molar refractivity (Wildman–Crippen MR) is 103 cm³/mol. The Morgan fingerprint density at radius 2 is 2.14 bits per heavy atom. The molecule has 0 saturated carbocycles. The van der Waals surface area contributed by atoms with Crippen molar-refractivity contribution < 1.29 is 23.9 Å². The lowest BCUT2D eigenvalue weighted by Crippen LogP contribution is -2.28. The summed E-state index contributed by atoms with van der Waals surface area (Å²) in [4.78, 5) is 20.4. The molecule has 3 aromatic rings. The van der Waals surface area contributed by atoms with Crippen LogP contribution in [0.4, 0.5) is 0 Å². The largest absolute Gasteiger partial charge is 0.497 e. The van der Waals surface area contributed by atoms with E-state index in [9.17, 15) is 9.90 Å². The van der Waals surface area contributed by atoms with Crippen molar-refractivity contribution in [3.05, 3.63) is 54.2 Å². The molecule has 0 aliphatic carbocycles. The van der Waals surface area contributed by atoms with Crippen molar-refractivity contribution >= 4 is 5.91 Å². The standard InChI is InChI=1S/C20H22N4O5/c1-27-14-5-6-17(28-2)15(10-14)16(25)12-22-18(26)7-8-19-23-20(24-29-19)13-4-3-9-21-11-13/h3-6,9-11,16,25H,7-8,12H2,1-2H3,(H,22,26). The van der Waals surface area contributed by atoms with Gasteiger partial charge in [-0.05, 0) is 30.3 Å². The van der Waals surface area contributed by atoms with Crippen LogP contribution < -0.4 is 14.8 Å². The van der Waals surface area contributed by atoms with Crippen LogP contribution >= 0.6 is 0 Å². The van der Waals surface area contributed by atoms with Gasteiger partial charge >= 0.3 is 0 Å². The number of hydrogen-bond acceptors (Lipinski definition) is 8. The summed E-state index contributed by atoms with van der Waals surface area (Å²) >= 11 is 0. The first-order valence-electron chi connectivity index (χ1n) is 9.00. The number of amides is 1. The van der Waals surface area contributed by atoms with Gasteiger partial charge in [-0.1, -0.05) is 5.16 Å². The highest BCUT2D eigenvalue weighted by Gasteiger charge is 2.16. The van der Waals surface area contributed by atoms with E-state index in [-0.39, 0.29) is 25.3 Å². The van der Waals surface area contributed by atoms with Gasteiger partial charge < -0.3 is 24.4 Å². The van der Waals surface area contributed by atoms with Crippen molar-refractivity contribution in [2.75, 3.05) is 20.8 Å². The van der Waals surface area contributed by atoms with Crippen LogP contribution in [-0.4, -0.2) is 46.9 Å². The molecule has 2 aromatic heterocycles. The van der Waals surface area contributed by atoms with Gasteiger partial charge in [0.2, 0.25) is 17.6 Å². The van der Waals surface area contributed by atoms with Gasteiger partial charge in [0.25, 0.3) is 0 Å². The Kier molecular flexibility index (Phi) is 6.75. The average Bonchev–Trinajstić information content (AvgIpc) is 3.25. The Morgan fingerprint density at radius 3 is 2.86 bits per heavy atom. The van der Waals surface area contributed by atoms with E-state index >= 15 is 0 Å². The monoisotopic (exact) mass is 398 g/mol. The van der Waals surface area contributed by atoms with Gasteiger partial charge in [-0.15, -0.1) is 0 Å². The molecule has 1 atom stereocenters. The molecule has 1 unspecified atom stereocenters. The third-order valence-electron chi connectivity index (χ3n) is 4.24. The number of hydrogen-bond donors (Lipinski definition) is 2. The van der Waals surface area contributed by atoms with Crippen molar-refractivity contribution in [3.63, 3.8) is 0 Å². The summed E-state index contributed by atoms with van der Waals surface area (Å²) in [6, 6.07) is 8.71. The number of nitrogens with zero attached hydrogens (tertiary/aromatic N) is 3. The number of aromatic nitrogens is 3. The molecule has 0 aliphatic heterocycles. The zero-order chi connectivity index (χ0) is 20.6. The van der Waals surface area contributed by atoms with Gasteiger partial charge in [-0.25, -0.2) is 0 Å². The lowest BCUT2D eigenvalue weighted by molar-refractivity contribution is -0.121. The minimum absolute atomic E-state index is 0.0349. The number of nitrogens with one attached hydrogen (secondary N) is 1. The quantitative estimate of drug-likeness (QED) is 0.561. The molecule has 0 aliphatic rings. The van der Waals surface area contributed by atoms with Crippen molar-refractivity contribution in [1.82, 2.24) is 20.4 Å². The van der Waals surface area contributed by atoms with Crippen molar-refractivity contribution in [2.45, 2.75) is 18.9 Å². The Labute approximate surface area is 167 Å². The highest BCUT2D eigenvalue weighted by atomic mass is 16.5. The molecule has 9 nitrogen and oxygen atoms in total. The first-order chi connectivity index (χ1) is 14.1. The number of aliphatic hydroxyl groups excluding tert-OH is 1. The summed E-state index contributed by atoms with van der Waals surface area (Å²) in [7, 11) is 3.05. The zero-order valence-corrected chi connectivity index (χ0v) is 16.2. The third kappa shape index (κ3) is 5.29. The minimum Gasteiger partial charge on any atom is -0.497 e. The first kappa shape index (κ1) is 20.3. The molecule has 0 spiro atoms. The van der Waals surface area contributed by atoms with E-state index in [1.807, 2.05) is 6.07 Å². The van der Waals surface area contributed by atoms with Crippen molar-refractivity contribution in [2.24, 2.45) is 0 Å². The second-order valence-electron chi connectivity index (χ2n) is 6.18. The number of rotatable bonds is 9. The normalized spacial score (nSPS) is 11.7. The average molecular weight is 398 g/mol. The molecule has 2 N–H and O–H groups in total. The highest BCUT2D eigenvalue weighted by molar-refractivity contribution is 5.76. The molecule has 1 aromatic carbocycles. The Hall–Kier alpha value is -3.46. The number of aryl methyl sites for hydroxylation is 1. The second-order valence-corrected chi connectivity index (χ2v) is 6.18. The summed E-state index contributed by atoms with van der Waals surface area (Å²) in [5, 5.41) is 17.0. The maximum absolute atomic E-state index is 12.1. The fourth-order valence-electron chi connectivity index (χ4n) is 2.70. The topological polar surface area (TPSA) is 120 Å². The Balaban J connectivity index is 1.51. The van der Waals surface area contributed by atoms with Crippen LogP contribution in [0.3, 0.4) is 0 Å². The van der Waals surface area contributed by atoms with Crippen LogP contribution in [0.1, 0.15) is 24.0 Å². The van der Waals surface area contributed by atoms with Gasteiger partial charge in [0.05, 0.1) is 20.3 Å². The number of carbonyl (C=O) groups excluding carboxylic acids is 1. The van der Waals surface area contributed by atoms with E-state index in [4.69, 9.17) is 14.0 Å². The first-order valence-corrected chi connectivity index (χ1v) is 9.00. The molecular weight excluding hydrogens is 376 g/mol. The molecule has 29 heavy (non-hydrogen) atoms. The maximum Gasteiger partial charge on any atom is 0.227 e. The van der Waals surface area contributed by atoms with E-state index < -0.39 is 6.10 Å². The number of benzene rings is 1. The van der Waals surface area contributed by atoms with Gasteiger partial charge in [0.15, 0.2) is 0 Å². The third-order valence-corrected chi connectivity index (χ3v) is 4.24. The summed E-state index contributed by atoms with van der Waals surface area (Å²) < 4.78 is 15.6. The number of methoxy groups -OCH3 is 2. The Bertz CT molecular complexity index is 945. The molecule has 1 amide bonds. The molecular formula is C20H22N4O5. The summed E-state index contributed by atoms with van der Waals surface area (Å²) in [6.45, 7) is 0.0349. The van der Waals surface area contributed by atoms with Gasteiger partial charge in [-0.2, -0.15) is 4.98 Å². The summed E-state index contributed by atoms with van der Waals surface area (Å²) in [6.07, 6.45) is 2.79. The van der Waals surface area contributed by atoms with E-state index in [0.717, 1.165) is 5.56 Å². The fourth-order valence-corrected chi connectivity index (χ4v) is 2.70. The number of carbonyl (C=O) groups is 1. The molecule has 0 radical (unpaired) electrons. The van der Waals surface area contributed by atoms with Gasteiger partial charge in [0, 0.05) is 42.9 Å². The molecule has 0 bridgehead atoms. The summed E-state index contributed by atoms with van der Waals surface area (Å²) in [5.41, 5.74) is 1.27. The molecule has 0 saturated heterocycles. The number of ether oxygens (including phenoxy) is 2. The lowest BCUT2D eigenvalue weighted by atomic mass is 10.1. The Morgan fingerprint density at radius 1 is 1.28 bits per heavy atom. The summed E-state index contributed by atoms with van der Waals surface area (Å²) in [5.74, 6) is 1.64. The van der Waals surface area contributed by atoms with Crippen LogP contribution in [0.5, 0.6) is 11.5 Å². The lowest BCUT2D eigenvalue weighted by Gasteiger charge is -2.16. The molecule has 2 heterocycles. The van der Waals surface area contributed by atoms with E-state index in [1.165, 1.54) is 14.2 Å². The van der Waals surface area contributed by atoms with Crippen molar-refractivity contribution in [1.29, 1.82) is 0 Å². The second kappa shape index (κ2) is 9.65. The van der Waals surface area contributed by atoms with Crippen LogP contribution in [-0.2, 0) is 11.2 Å².